The largest absolute Gasteiger partial charge is 0.485 e. The summed E-state index contributed by atoms with van der Waals surface area (Å²) in [6.07, 6.45) is -22.9. The van der Waals surface area contributed by atoms with Gasteiger partial charge in [-0.1, -0.05) is 19.9 Å². The summed E-state index contributed by atoms with van der Waals surface area (Å²) in [4.78, 5) is 26.4. The van der Waals surface area contributed by atoms with Crippen molar-refractivity contribution in [3.05, 3.63) is 69.0 Å². The van der Waals surface area contributed by atoms with Gasteiger partial charge < -0.3 is 14.2 Å². The van der Waals surface area contributed by atoms with E-state index in [-0.39, 0.29) is 32.9 Å². The molecule has 0 amide bonds. The molecule has 0 atom stereocenters. The molecule has 342 valence electrons. The van der Waals surface area contributed by atoms with Crippen molar-refractivity contribution in [2.24, 2.45) is 0 Å². The summed E-state index contributed by atoms with van der Waals surface area (Å²) in [5.41, 5.74) is 0. The Bertz CT molecular complexity index is 2070. The highest BCUT2D eigenvalue weighted by molar-refractivity contribution is 6.32. The highest BCUT2D eigenvalue weighted by Crippen LogP contribution is 2.33. The van der Waals surface area contributed by atoms with E-state index in [1.807, 2.05) is 0 Å². The molecule has 0 unspecified atom stereocenters. The van der Waals surface area contributed by atoms with Crippen molar-refractivity contribution < 1.29 is 113 Å². The highest BCUT2D eigenvalue weighted by Gasteiger charge is 2.55. The summed E-state index contributed by atoms with van der Waals surface area (Å²) < 4.78 is 221. The van der Waals surface area contributed by atoms with E-state index in [1.54, 1.807) is 30.7 Å². The van der Waals surface area contributed by atoms with Crippen LogP contribution in [0.15, 0.2) is 0 Å². The van der Waals surface area contributed by atoms with Crippen LogP contribution in [0.5, 0.6) is 18.0 Å². The zero-order valence-electron chi connectivity index (χ0n) is 30.5. The molecule has 38 heteroatoms. The monoisotopic (exact) mass is 992 g/mol. The minimum atomic E-state index is -5.86. The molecule has 0 saturated carbocycles. The number of ether oxygens (including phenoxy) is 3. The Morgan fingerprint density at radius 3 is 1.16 bits per heavy atom. The average Bonchev–Trinajstić information content (AvgIpc) is 3.14. The van der Waals surface area contributed by atoms with E-state index in [2.05, 4.69) is 49.3 Å². The molecule has 5 heterocycles. The van der Waals surface area contributed by atoms with Crippen LogP contribution >= 0.6 is 34.8 Å². The van der Waals surface area contributed by atoms with Crippen LogP contribution in [0.1, 0.15) is 34.9 Å². The number of hydrogen-bond donors (Lipinski definition) is 0. The zero-order chi connectivity index (χ0) is 48.2. The Labute approximate surface area is 345 Å². The van der Waals surface area contributed by atoms with Gasteiger partial charge in [-0.2, -0.15) is 39.5 Å². The van der Waals surface area contributed by atoms with Crippen LogP contribution in [-0.4, -0.2) is 71.2 Å². The number of aryl methyl sites for hydroxylation is 3. The predicted molar refractivity (Wildman–Crippen MR) is 157 cm³/mol. The van der Waals surface area contributed by atoms with Crippen molar-refractivity contribution in [3.8, 4) is 18.0 Å². The van der Waals surface area contributed by atoms with Gasteiger partial charge in [0.25, 0.3) is 17.5 Å². The summed E-state index contributed by atoms with van der Waals surface area (Å²) in [5.74, 6) is -7.50. The summed E-state index contributed by atoms with van der Waals surface area (Å²) in [7, 11) is 3.91. The first-order chi connectivity index (χ1) is 28.3. The predicted octanol–water partition coefficient (Wildman–Crippen LogP) is 3.87. The molecule has 0 fully saturated rings. The lowest BCUT2D eigenvalue weighted by atomic mass is 10.4. The van der Waals surface area contributed by atoms with E-state index >= 15 is 0 Å². The first kappa shape index (κ1) is 54.1. The average molecular weight is 994 g/mol. The Balaban J connectivity index is 0.000000398. The Kier molecular flexibility index (Phi) is 19.5. The van der Waals surface area contributed by atoms with Crippen LogP contribution in [0, 0.1) is 39.0 Å². The number of hydrogen-bond acceptors (Lipinski definition) is 13. The van der Waals surface area contributed by atoms with Gasteiger partial charge in [-0.3, -0.25) is 0 Å². The molecule has 0 saturated heterocycles. The van der Waals surface area contributed by atoms with Crippen molar-refractivity contribution in [1.29, 1.82) is 0 Å². The Morgan fingerprint density at radius 1 is 0.452 bits per heavy atom. The molecule has 0 radical (unpaired) electrons. The van der Waals surface area contributed by atoms with Crippen LogP contribution in [0.4, 0.5) is 75.1 Å². The maximum absolute atomic E-state index is 13.1. The normalized spacial score (nSPS) is 11.1. The smallest absolute Gasteiger partial charge is 0.442 e. The molecule has 0 spiro atoms. The van der Waals surface area contributed by atoms with Crippen LogP contribution in [0.3, 0.4) is 0 Å². The zero-order valence-corrected chi connectivity index (χ0v) is 32.8. The standard InChI is InChI=1S/C6F10N3.C6H9FN3O3.C6H9FN3.C3Cl3FN3.C3F4N3/c7-4(8,9)1-17-2(5(10,11)12)19(16)3(18-1)6(13,14)15;1-11-4-8-5(12-2)10(7)6(9-4)13-3;1-4-8-5(2)10(7)6(3)9-4;2*4-1-8-2(5)10(7)3(6)9-1/h;1-3H3;1-3H3;;/q5*+1. The topological polar surface area (TPSA) is 176 Å². The SMILES string of the molecule is COc1nc(OC)[n+](F)c(OC)n1.Cc1nc(C)[n+](F)c(C)n1.F[n+]1c(C(F)(F)F)nc(C(F)(F)F)nc1C(F)(F)F.F[n+]1c(Cl)nc(Cl)nc1Cl.Fc1nc(F)[n+](F)c(F)n1. The van der Waals surface area contributed by atoms with Crippen LogP contribution in [-0.2, 0) is 18.5 Å². The van der Waals surface area contributed by atoms with E-state index in [0.717, 1.165) is 0 Å². The molecule has 18 nitrogen and oxygen atoms in total. The first-order valence-electron chi connectivity index (χ1n) is 14.5. The molecule has 5 aromatic rings. The van der Waals surface area contributed by atoms with Crippen molar-refractivity contribution in [1.82, 2.24) is 49.8 Å². The molecule has 5 aromatic heterocycles. The molecule has 0 aliphatic heterocycles. The van der Waals surface area contributed by atoms with Crippen molar-refractivity contribution in [2.45, 2.75) is 39.3 Å². The van der Waals surface area contributed by atoms with E-state index in [9.17, 15) is 75.1 Å². The Morgan fingerprint density at radius 2 is 0.839 bits per heavy atom. The van der Waals surface area contributed by atoms with Gasteiger partial charge in [0.1, 0.15) is 0 Å². The van der Waals surface area contributed by atoms with Crippen LogP contribution in [0.2, 0.25) is 15.9 Å². The second kappa shape index (κ2) is 22.3. The molecular weight excluding hydrogens is 976 g/mol. The number of alkyl halides is 9. The summed E-state index contributed by atoms with van der Waals surface area (Å²) >= 11 is 15.6. The summed E-state index contributed by atoms with van der Waals surface area (Å²) in [6.45, 7) is 4.93. The van der Waals surface area contributed by atoms with Gasteiger partial charge in [0, 0.05) is 40.3 Å². The minimum Gasteiger partial charge on any atom is -0.442 e. The highest BCUT2D eigenvalue weighted by atomic mass is 35.5. The maximum atomic E-state index is 13.1. The minimum absolute atomic E-state index is 0.0254. The lowest BCUT2D eigenvalue weighted by Gasteiger charge is -2.07. The lowest BCUT2D eigenvalue weighted by molar-refractivity contribution is -0.891. The molecular formula is C24H18Cl3F17N15O3+5. The third kappa shape index (κ3) is 15.9. The van der Waals surface area contributed by atoms with Gasteiger partial charge in [-0.25, -0.2) is 0 Å². The van der Waals surface area contributed by atoms with E-state index in [4.69, 9.17) is 39.5 Å². The van der Waals surface area contributed by atoms with E-state index in [1.165, 1.54) is 21.3 Å². The van der Waals surface area contributed by atoms with Gasteiger partial charge in [-0.05, 0) is 91.5 Å². The number of aromatic nitrogens is 15. The molecule has 5 rings (SSSR count). The Hall–Kier alpha value is -5.87. The molecule has 0 aliphatic rings. The quantitative estimate of drug-likeness (QED) is 0.239. The fourth-order valence-corrected chi connectivity index (χ4v) is 3.70. The van der Waals surface area contributed by atoms with Crippen molar-refractivity contribution >= 4 is 34.8 Å². The number of halogens is 20. The van der Waals surface area contributed by atoms with Gasteiger partial charge in [0.2, 0.25) is 0 Å². The number of rotatable bonds is 3. The lowest BCUT2D eigenvalue weighted by Crippen LogP contribution is -2.45. The van der Waals surface area contributed by atoms with Crippen molar-refractivity contribution in [3.63, 3.8) is 0 Å². The summed E-state index contributed by atoms with van der Waals surface area (Å²) in [6, 6.07) is -0.602. The van der Waals surface area contributed by atoms with Gasteiger partial charge in [-0.15, -0.1) is 13.2 Å². The molecule has 0 bridgehead atoms. The number of methoxy groups -OCH3 is 3. The van der Waals surface area contributed by atoms with Crippen LogP contribution in [0.25, 0.3) is 0 Å². The molecule has 0 N–H and O–H groups in total. The van der Waals surface area contributed by atoms with E-state index < -0.39 is 74.4 Å². The van der Waals surface area contributed by atoms with Crippen LogP contribution < -0.4 is 38.2 Å². The van der Waals surface area contributed by atoms with Gasteiger partial charge in [0.05, 0.1) is 21.3 Å². The molecule has 0 aliphatic carbocycles. The number of nitrogens with zero attached hydrogens (tertiary/aromatic N) is 15. The fraction of sp³-hybridized carbons (Fsp3) is 0.375. The fourth-order valence-electron chi connectivity index (χ4n) is 3.09. The molecule has 0 aromatic carbocycles. The van der Waals surface area contributed by atoms with Gasteiger partial charge >= 0.3 is 88.1 Å². The third-order valence-electron chi connectivity index (χ3n) is 5.42. The summed E-state index contributed by atoms with van der Waals surface area (Å²) in [5, 5.41) is -1.10. The third-order valence-corrected chi connectivity index (χ3v) is 6.06. The molecule has 62 heavy (non-hydrogen) atoms. The first-order valence-corrected chi connectivity index (χ1v) is 15.6. The second-order valence-corrected chi connectivity index (χ2v) is 10.7. The van der Waals surface area contributed by atoms with E-state index in [0.29, 0.717) is 22.3 Å². The second-order valence-electron chi connectivity index (χ2n) is 9.70. The van der Waals surface area contributed by atoms with Crippen molar-refractivity contribution in [2.75, 3.05) is 21.3 Å². The van der Waals surface area contributed by atoms with Gasteiger partial charge in [0.15, 0.2) is 0 Å². The maximum Gasteiger partial charge on any atom is 0.485 e.